The van der Waals surface area contributed by atoms with Crippen LogP contribution in [0.15, 0.2) is 4.42 Å². The third kappa shape index (κ3) is 2.16. The number of rotatable bonds is 1. The van der Waals surface area contributed by atoms with E-state index in [2.05, 4.69) is 0 Å². The van der Waals surface area contributed by atoms with E-state index in [1.165, 1.54) is 0 Å². The van der Waals surface area contributed by atoms with Gasteiger partial charge in [0, 0.05) is 24.7 Å². The molecule has 4 heteroatoms. The van der Waals surface area contributed by atoms with Crippen LogP contribution in [0.2, 0.25) is 0 Å². The number of hydrogen-bond donors (Lipinski definition) is 1. The van der Waals surface area contributed by atoms with Crippen LogP contribution in [0.25, 0.3) is 0 Å². The second-order valence-electron chi connectivity index (χ2n) is 6.52. The van der Waals surface area contributed by atoms with E-state index >= 15 is 0 Å². The molecule has 1 saturated carbocycles. The Morgan fingerprint density at radius 2 is 1.85 bits per heavy atom. The number of likely N-dealkylation sites (tertiary alicyclic amines) is 1. The number of aryl methyl sites for hydroxylation is 2. The molecule has 2 heterocycles. The molecule has 1 unspecified atom stereocenters. The smallest absolute Gasteiger partial charge is 0.257 e. The highest BCUT2D eigenvalue weighted by atomic mass is 16.3. The molecule has 1 aliphatic heterocycles. The van der Waals surface area contributed by atoms with E-state index in [4.69, 9.17) is 10.2 Å². The van der Waals surface area contributed by atoms with Crippen molar-refractivity contribution in [2.24, 2.45) is 17.6 Å². The van der Waals surface area contributed by atoms with Crippen LogP contribution < -0.4 is 5.73 Å². The van der Waals surface area contributed by atoms with Crippen LogP contribution in [-0.4, -0.2) is 29.9 Å². The zero-order chi connectivity index (χ0) is 14.4. The highest BCUT2D eigenvalue weighted by Crippen LogP contribution is 2.37. The largest absolute Gasteiger partial charge is 0.466 e. The molecular formula is C16H24N2O2. The maximum Gasteiger partial charge on any atom is 0.257 e. The first-order valence-electron chi connectivity index (χ1n) is 7.58. The molecule has 1 aromatic rings. The normalized spacial score (nSPS) is 29.6. The lowest BCUT2D eigenvalue weighted by Crippen LogP contribution is -2.32. The third-order valence-electron chi connectivity index (χ3n) is 5.15. The van der Waals surface area contributed by atoms with Crippen LogP contribution in [0.4, 0.5) is 0 Å². The van der Waals surface area contributed by atoms with E-state index in [1.807, 2.05) is 25.7 Å². The van der Waals surface area contributed by atoms with Crippen molar-refractivity contribution in [1.29, 1.82) is 0 Å². The second kappa shape index (κ2) is 4.92. The van der Waals surface area contributed by atoms with Gasteiger partial charge < -0.3 is 15.1 Å². The molecule has 1 aromatic heterocycles. The number of furan rings is 1. The minimum atomic E-state index is 0.139. The van der Waals surface area contributed by atoms with Gasteiger partial charge in [-0.05, 0) is 51.9 Å². The van der Waals surface area contributed by atoms with Gasteiger partial charge in [0.25, 0.3) is 5.91 Å². The van der Waals surface area contributed by atoms with Gasteiger partial charge in [0.05, 0.1) is 5.56 Å². The van der Waals surface area contributed by atoms with Crippen molar-refractivity contribution in [3.63, 3.8) is 0 Å². The average molecular weight is 276 g/mol. The quantitative estimate of drug-likeness (QED) is 0.857. The molecule has 2 fully saturated rings. The summed E-state index contributed by atoms with van der Waals surface area (Å²) in [5.74, 6) is 2.98. The fraction of sp³-hybridized carbons (Fsp3) is 0.688. The molecule has 0 spiro atoms. The first-order chi connectivity index (χ1) is 9.47. The van der Waals surface area contributed by atoms with E-state index in [9.17, 15) is 4.79 Å². The summed E-state index contributed by atoms with van der Waals surface area (Å²) >= 11 is 0. The number of nitrogens with zero attached hydrogens (tertiary/aromatic N) is 1. The predicted molar refractivity (Wildman–Crippen MR) is 77.6 cm³/mol. The van der Waals surface area contributed by atoms with Crippen molar-refractivity contribution < 1.29 is 9.21 Å². The van der Waals surface area contributed by atoms with E-state index in [1.54, 1.807) is 0 Å². The second-order valence-corrected chi connectivity index (χ2v) is 6.52. The van der Waals surface area contributed by atoms with Gasteiger partial charge in [0.15, 0.2) is 0 Å². The summed E-state index contributed by atoms with van der Waals surface area (Å²) in [6, 6.07) is 0.325. The number of nitrogens with two attached hydrogens (primary N) is 1. The number of amides is 1. The summed E-state index contributed by atoms with van der Waals surface area (Å²) in [7, 11) is 0. The van der Waals surface area contributed by atoms with Gasteiger partial charge in [-0.1, -0.05) is 0 Å². The Morgan fingerprint density at radius 1 is 1.15 bits per heavy atom. The molecule has 1 aliphatic carbocycles. The van der Waals surface area contributed by atoms with E-state index in [-0.39, 0.29) is 5.91 Å². The van der Waals surface area contributed by atoms with Gasteiger partial charge >= 0.3 is 0 Å². The molecule has 3 rings (SSSR count). The summed E-state index contributed by atoms with van der Waals surface area (Å²) in [6.07, 6.45) is 3.33. The fourth-order valence-electron chi connectivity index (χ4n) is 3.90. The van der Waals surface area contributed by atoms with Gasteiger partial charge in [0.1, 0.15) is 11.5 Å². The first-order valence-corrected chi connectivity index (χ1v) is 7.58. The van der Waals surface area contributed by atoms with Crippen molar-refractivity contribution in [3.8, 4) is 0 Å². The van der Waals surface area contributed by atoms with Gasteiger partial charge in [-0.2, -0.15) is 0 Å². The molecule has 0 radical (unpaired) electrons. The number of carbonyl (C=O) groups is 1. The Morgan fingerprint density at radius 3 is 2.50 bits per heavy atom. The van der Waals surface area contributed by atoms with Crippen LogP contribution in [0, 0.1) is 32.6 Å². The number of fused-ring (bicyclic) bond motifs is 1. The highest BCUT2D eigenvalue weighted by molar-refractivity contribution is 5.97. The van der Waals surface area contributed by atoms with Crippen LogP contribution >= 0.6 is 0 Å². The van der Waals surface area contributed by atoms with Crippen molar-refractivity contribution in [2.75, 3.05) is 13.1 Å². The van der Waals surface area contributed by atoms with Crippen LogP contribution in [0.3, 0.4) is 0 Å². The van der Waals surface area contributed by atoms with Crippen molar-refractivity contribution in [1.82, 2.24) is 4.90 Å². The maximum absolute atomic E-state index is 12.8. The topological polar surface area (TPSA) is 59.5 Å². The minimum absolute atomic E-state index is 0.139. The lowest BCUT2D eigenvalue weighted by molar-refractivity contribution is 0.0781. The zero-order valence-electron chi connectivity index (χ0n) is 12.6. The molecule has 1 saturated heterocycles. The summed E-state index contributed by atoms with van der Waals surface area (Å²) in [5.41, 5.74) is 7.81. The van der Waals surface area contributed by atoms with Gasteiger partial charge in [-0.25, -0.2) is 0 Å². The molecule has 0 bridgehead atoms. The van der Waals surface area contributed by atoms with E-state index in [0.717, 1.165) is 55.0 Å². The fourth-order valence-corrected chi connectivity index (χ4v) is 3.90. The molecule has 0 aromatic carbocycles. The Labute approximate surface area is 120 Å². The summed E-state index contributed by atoms with van der Waals surface area (Å²) in [5, 5.41) is 0. The maximum atomic E-state index is 12.8. The Kier molecular flexibility index (Phi) is 3.36. The Hall–Kier alpha value is -1.29. The van der Waals surface area contributed by atoms with Crippen molar-refractivity contribution >= 4 is 5.91 Å². The molecule has 110 valence electrons. The summed E-state index contributed by atoms with van der Waals surface area (Å²) < 4.78 is 5.59. The van der Waals surface area contributed by atoms with Crippen molar-refractivity contribution in [3.05, 3.63) is 22.6 Å². The van der Waals surface area contributed by atoms with Gasteiger partial charge in [-0.3, -0.25) is 4.79 Å². The first kappa shape index (κ1) is 13.7. The highest BCUT2D eigenvalue weighted by Gasteiger charge is 2.39. The van der Waals surface area contributed by atoms with Crippen LogP contribution in [0.5, 0.6) is 0 Å². The van der Waals surface area contributed by atoms with E-state index < -0.39 is 0 Å². The van der Waals surface area contributed by atoms with Crippen molar-refractivity contribution in [2.45, 2.75) is 46.1 Å². The monoisotopic (exact) mass is 276 g/mol. The Bertz CT molecular complexity index is 535. The lowest BCUT2D eigenvalue weighted by Gasteiger charge is -2.27. The molecule has 2 aliphatic rings. The molecule has 1 amide bonds. The van der Waals surface area contributed by atoms with Gasteiger partial charge in [-0.15, -0.1) is 0 Å². The summed E-state index contributed by atoms with van der Waals surface area (Å²) in [6.45, 7) is 7.52. The van der Waals surface area contributed by atoms with Crippen LogP contribution in [0.1, 0.15) is 46.7 Å². The van der Waals surface area contributed by atoms with Gasteiger partial charge in [0.2, 0.25) is 0 Å². The molecule has 3 atom stereocenters. The number of hydrogen-bond acceptors (Lipinski definition) is 3. The molecule has 4 nitrogen and oxygen atoms in total. The number of carbonyl (C=O) groups excluding carboxylic acids is 1. The average Bonchev–Trinajstić information content (AvgIpc) is 2.91. The molecular weight excluding hydrogens is 252 g/mol. The SMILES string of the molecule is Cc1oc(C)c(C(=O)N2C[C@H]3CCC(N)C[C@H]3C2)c1C. The standard InChI is InChI=1S/C16H24N2O2/c1-9-10(2)20-11(3)15(9)16(19)18-7-12-4-5-14(17)6-13(12)8-18/h12-14H,4-8,17H2,1-3H3/t12-,13+,14?/m1/s1. The van der Waals surface area contributed by atoms with Crippen LogP contribution in [-0.2, 0) is 0 Å². The lowest BCUT2D eigenvalue weighted by atomic mass is 9.79. The molecule has 20 heavy (non-hydrogen) atoms. The minimum Gasteiger partial charge on any atom is -0.466 e. The third-order valence-corrected chi connectivity index (χ3v) is 5.15. The summed E-state index contributed by atoms with van der Waals surface area (Å²) in [4.78, 5) is 14.8. The Balaban J connectivity index is 1.79. The van der Waals surface area contributed by atoms with E-state index in [0.29, 0.717) is 17.9 Å². The predicted octanol–water partition coefficient (Wildman–Crippen LogP) is 2.40. The zero-order valence-corrected chi connectivity index (χ0v) is 12.6. The molecule has 2 N–H and O–H groups in total.